The maximum Gasteiger partial charge on any atom is 0.269 e. The van der Waals surface area contributed by atoms with E-state index in [9.17, 15) is 18.5 Å². The van der Waals surface area contributed by atoms with E-state index in [1.54, 1.807) is 24.3 Å². The van der Waals surface area contributed by atoms with Crippen molar-refractivity contribution < 1.29 is 13.3 Å². The molecule has 1 aliphatic carbocycles. The van der Waals surface area contributed by atoms with Gasteiger partial charge in [-0.25, -0.2) is 18.5 Å². The topological polar surface area (TPSA) is 140 Å². The van der Waals surface area contributed by atoms with Gasteiger partial charge in [0.25, 0.3) is 5.69 Å². The second-order valence-electron chi connectivity index (χ2n) is 7.61. The van der Waals surface area contributed by atoms with Gasteiger partial charge in [0.2, 0.25) is 10.0 Å². The van der Waals surface area contributed by atoms with Gasteiger partial charge in [-0.2, -0.15) is 0 Å². The zero-order chi connectivity index (χ0) is 22.3. The monoisotopic (exact) mass is 445 g/mol. The molecule has 0 radical (unpaired) electrons. The minimum absolute atomic E-state index is 0.0564. The van der Waals surface area contributed by atoms with Crippen LogP contribution in [0.4, 0.5) is 5.69 Å². The number of sulfonamides is 1. The summed E-state index contributed by atoms with van der Waals surface area (Å²) in [5.74, 6) is 0.653. The average Bonchev–Trinajstić information content (AvgIpc) is 2.76. The second-order valence-corrected chi connectivity index (χ2v) is 9.17. The van der Waals surface area contributed by atoms with Gasteiger partial charge in [0.05, 0.1) is 16.4 Å². The van der Waals surface area contributed by atoms with Crippen molar-refractivity contribution in [3.05, 3.63) is 69.8 Å². The third-order valence-electron chi connectivity index (χ3n) is 5.22. The number of nitrogens with zero attached hydrogens (tertiary/aromatic N) is 2. The van der Waals surface area contributed by atoms with Crippen molar-refractivity contribution in [3.8, 4) is 0 Å². The smallest absolute Gasteiger partial charge is 0.269 e. The third kappa shape index (κ3) is 7.04. The van der Waals surface area contributed by atoms with Crippen molar-refractivity contribution in [3.63, 3.8) is 0 Å². The summed E-state index contributed by atoms with van der Waals surface area (Å²) in [6.45, 7) is 0.841. The molecule has 0 unspecified atom stereocenters. The largest absolute Gasteiger partial charge is 0.354 e. The molecule has 1 fully saturated rings. The summed E-state index contributed by atoms with van der Waals surface area (Å²) >= 11 is 0. The Kier molecular flexibility index (Phi) is 7.59. The minimum atomic E-state index is -3.72. The van der Waals surface area contributed by atoms with E-state index in [0.29, 0.717) is 25.1 Å². The molecule has 0 heterocycles. The van der Waals surface area contributed by atoms with Crippen molar-refractivity contribution >= 4 is 21.7 Å². The van der Waals surface area contributed by atoms with Crippen LogP contribution in [0.25, 0.3) is 0 Å². The standard InChI is InChI=1S/C21H27N5O4S/c22-31(29,30)20-12-8-17(9-13-20)15-24-21(25-18-4-2-1-3-5-18)23-14-16-6-10-19(11-7-16)26(27)28/h6-13,18H,1-5,14-15H2,(H2,22,29,30)(H2,23,24,25). The number of nitrogens with one attached hydrogen (secondary N) is 2. The van der Waals surface area contributed by atoms with Crippen LogP contribution >= 0.6 is 0 Å². The van der Waals surface area contributed by atoms with Gasteiger partial charge in [-0.1, -0.05) is 43.5 Å². The molecule has 1 saturated carbocycles. The van der Waals surface area contributed by atoms with E-state index in [1.807, 2.05) is 0 Å². The Morgan fingerprint density at radius 2 is 1.65 bits per heavy atom. The molecule has 0 aromatic heterocycles. The number of nitro groups is 1. The summed E-state index contributed by atoms with van der Waals surface area (Å²) in [6, 6.07) is 13.1. The maximum atomic E-state index is 11.4. The van der Waals surface area contributed by atoms with Gasteiger partial charge in [-0.05, 0) is 36.1 Å². The lowest BCUT2D eigenvalue weighted by Crippen LogP contribution is -2.44. The van der Waals surface area contributed by atoms with Crippen LogP contribution in [0.5, 0.6) is 0 Å². The Morgan fingerprint density at radius 1 is 1.03 bits per heavy atom. The van der Waals surface area contributed by atoms with Crippen LogP contribution in [0.2, 0.25) is 0 Å². The van der Waals surface area contributed by atoms with Crippen LogP contribution in [-0.2, 0) is 23.1 Å². The highest BCUT2D eigenvalue weighted by Gasteiger charge is 2.15. The molecule has 4 N–H and O–H groups in total. The van der Waals surface area contributed by atoms with Gasteiger partial charge in [-0.3, -0.25) is 10.1 Å². The Morgan fingerprint density at radius 3 is 2.23 bits per heavy atom. The predicted molar refractivity (Wildman–Crippen MR) is 119 cm³/mol. The van der Waals surface area contributed by atoms with E-state index in [2.05, 4.69) is 15.6 Å². The molecule has 0 aliphatic heterocycles. The van der Waals surface area contributed by atoms with Gasteiger partial charge in [0.1, 0.15) is 0 Å². The molecule has 10 heteroatoms. The fourth-order valence-corrected chi connectivity index (χ4v) is 3.98. The molecular formula is C21H27N5O4S. The number of hydrogen-bond donors (Lipinski definition) is 3. The number of aliphatic imine (C=N–C) groups is 1. The van der Waals surface area contributed by atoms with Crippen LogP contribution in [-0.4, -0.2) is 25.3 Å². The summed E-state index contributed by atoms with van der Waals surface area (Å²) < 4.78 is 22.8. The van der Waals surface area contributed by atoms with E-state index in [4.69, 9.17) is 5.14 Å². The number of rotatable bonds is 7. The second kappa shape index (κ2) is 10.4. The predicted octanol–water partition coefficient (Wildman–Crippen LogP) is 2.81. The Labute approximate surface area is 182 Å². The van der Waals surface area contributed by atoms with E-state index in [1.165, 1.54) is 43.5 Å². The molecule has 2 aromatic rings. The van der Waals surface area contributed by atoms with Gasteiger partial charge in [0, 0.05) is 24.7 Å². The average molecular weight is 446 g/mol. The molecule has 0 spiro atoms. The van der Waals surface area contributed by atoms with Crippen molar-refractivity contribution in [2.75, 3.05) is 0 Å². The Hall–Kier alpha value is -2.98. The third-order valence-corrected chi connectivity index (χ3v) is 6.15. The molecular weight excluding hydrogens is 418 g/mol. The van der Waals surface area contributed by atoms with Gasteiger partial charge < -0.3 is 10.6 Å². The quantitative estimate of drug-likeness (QED) is 0.259. The number of guanidine groups is 1. The van der Waals surface area contributed by atoms with E-state index in [0.717, 1.165) is 24.0 Å². The van der Waals surface area contributed by atoms with Crippen molar-refractivity contribution in [2.45, 2.75) is 56.1 Å². The minimum Gasteiger partial charge on any atom is -0.354 e. The lowest BCUT2D eigenvalue weighted by atomic mass is 9.96. The first-order chi connectivity index (χ1) is 14.8. The zero-order valence-corrected chi connectivity index (χ0v) is 18.0. The summed E-state index contributed by atoms with van der Waals surface area (Å²) in [5.41, 5.74) is 1.81. The summed E-state index contributed by atoms with van der Waals surface area (Å²) in [5, 5.41) is 22.7. The first-order valence-corrected chi connectivity index (χ1v) is 11.8. The summed E-state index contributed by atoms with van der Waals surface area (Å²) in [4.78, 5) is 15.1. The van der Waals surface area contributed by atoms with E-state index < -0.39 is 14.9 Å². The van der Waals surface area contributed by atoms with Crippen LogP contribution < -0.4 is 15.8 Å². The SMILES string of the molecule is NS(=O)(=O)c1ccc(CN=C(NCc2ccc([N+](=O)[O-])cc2)NC2CCCCC2)cc1. The molecule has 2 aromatic carbocycles. The molecule has 0 amide bonds. The number of nitrogens with two attached hydrogens (primary N) is 1. The van der Waals surface area contributed by atoms with Crippen LogP contribution in [0, 0.1) is 10.1 Å². The summed E-state index contributed by atoms with van der Waals surface area (Å²) in [7, 11) is -3.72. The van der Waals surface area contributed by atoms with E-state index >= 15 is 0 Å². The molecule has 1 aliphatic rings. The number of primary sulfonamides is 1. The highest BCUT2D eigenvalue weighted by molar-refractivity contribution is 7.89. The number of benzene rings is 2. The highest BCUT2D eigenvalue weighted by Crippen LogP contribution is 2.17. The van der Waals surface area contributed by atoms with Crippen LogP contribution in [0.3, 0.4) is 0 Å². The van der Waals surface area contributed by atoms with E-state index in [-0.39, 0.29) is 10.6 Å². The molecule has 0 saturated heterocycles. The fourth-order valence-electron chi connectivity index (χ4n) is 3.47. The van der Waals surface area contributed by atoms with Crippen molar-refractivity contribution in [1.29, 1.82) is 0 Å². The lowest BCUT2D eigenvalue weighted by molar-refractivity contribution is -0.384. The first-order valence-electron chi connectivity index (χ1n) is 10.2. The molecule has 0 atom stereocenters. The normalized spacial score (nSPS) is 15.5. The zero-order valence-electron chi connectivity index (χ0n) is 17.2. The molecule has 166 valence electrons. The highest BCUT2D eigenvalue weighted by atomic mass is 32.2. The fraction of sp³-hybridized carbons (Fsp3) is 0.381. The summed E-state index contributed by atoms with van der Waals surface area (Å²) in [6.07, 6.45) is 5.78. The first kappa shape index (κ1) is 22.7. The molecule has 9 nitrogen and oxygen atoms in total. The molecule has 3 rings (SSSR count). The van der Waals surface area contributed by atoms with Crippen LogP contribution in [0.1, 0.15) is 43.2 Å². The van der Waals surface area contributed by atoms with Crippen LogP contribution in [0.15, 0.2) is 58.4 Å². The van der Waals surface area contributed by atoms with Crippen molar-refractivity contribution in [2.24, 2.45) is 10.1 Å². The number of hydrogen-bond acceptors (Lipinski definition) is 5. The van der Waals surface area contributed by atoms with Gasteiger partial charge in [-0.15, -0.1) is 0 Å². The molecule has 31 heavy (non-hydrogen) atoms. The molecule has 0 bridgehead atoms. The number of non-ortho nitro benzene ring substituents is 1. The van der Waals surface area contributed by atoms with Gasteiger partial charge in [0.15, 0.2) is 5.96 Å². The van der Waals surface area contributed by atoms with Gasteiger partial charge >= 0.3 is 0 Å². The maximum absolute atomic E-state index is 11.4. The Bertz CT molecular complexity index is 1010. The van der Waals surface area contributed by atoms with Crippen molar-refractivity contribution in [1.82, 2.24) is 10.6 Å². The lowest BCUT2D eigenvalue weighted by Gasteiger charge is -2.25. The Balaban J connectivity index is 1.68. The number of nitro benzene ring substituents is 1.